The van der Waals surface area contributed by atoms with Crippen LogP contribution < -0.4 is 5.32 Å². The van der Waals surface area contributed by atoms with Gasteiger partial charge in [0.25, 0.3) is 5.69 Å². The van der Waals surface area contributed by atoms with Crippen molar-refractivity contribution >= 4 is 23.7 Å². The molecule has 30 heavy (non-hydrogen) atoms. The lowest BCUT2D eigenvalue weighted by atomic mass is 9.89. The summed E-state index contributed by atoms with van der Waals surface area (Å²) < 4.78 is 10.4. The number of carboxylic acids is 1. The van der Waals surface area contributed by atoms with Crippen LogP contribution in [0.3, 0.4) is 0 Å². The van der Waals surface area contributed by atoms with Crippen LogP contribution in [0.15, 0.2) is 18.2 Å². The van der Waals surface area contributed by atoms with E-state index in [1.165, 1.54) is 6.07 Å². The fourth-order valence-electron chi connectivity index (χ4n) is 3.62. The molecule has 1 unspecified atom stereocenters. The van der Waals surface area contributed by atoms with Crippen molar-refractivity contribution in [3.8, 4) is 0 Å². The summed E-state index contributed by atoms with van der Waals surface area (Å²) in [5.74, 6) is -2.94. The first-order valence-electron chi connectivity index (χ1n) is 9.60. The third kappa shape index (κ3) is 5.68. The van der Waals surface area contributed by atoms with E-state index in [1.807, 2.05) is 0 Å². The minimum absolute atomic E-state index is 0.119. The number of ether oxygens (including phenoxy) is 2. The predicted octanol–water partition coefficient (Wildman–Crippen LogP) is 3.24. The number of esters is 1. The number of benzene rings is 1. The van der Waals surface area contributed by atoms with Gasteiger partial charge in [-0.3, -0.25) is 14.9 Å². The third-order valence-corrected chi connectivity index (χ3v) is 4.76. The normalized spacial score (nSPS) is 21.0. The van der Waals surface area contributed by atoms with E-state index >= 15 is 0 Å². The molecule has 1 aromatic rings. The van der Waals surface area contributed by atoms with Crippen LogP contribution in [0, 0.1) is 16.0 Å². The summed E-state index contributed by atoms with van der Waals surface area (Å²) in [6.45, 7) is 6.95. The van der Waals surface area contributed by atoms with Crippen molar-refractivity contribution in [3.63, 3.8) is 0 Å². The Balaban J connectivity index is 2.43. The number of non-ortho nitro benzene ring substituents is 1. The average Bonchev–Trinajstić information content (AvgIpc) is 3.03. The molecule has 1 aliphatic rings. The fraction of sp³-hybridized carbons (Fsp3) is 0.550. The summed E-state index contributed by atoms with van der Waals surface area (Å²) in [5.41, 5.74) is -0.961. The molecule has 0 aliphatic heterocycles. The molecule has 2 N–H and O–H groups in total. The lowest BCUT2D eigenvalue weighted by Crippen LogP contribution is -2.40. The smallest absolute Gasteiger partial charge is 0.407 e. The molecule has 1 amide bonds. The van der Waals surface area contributed by atoms with E-state index in [4.69, 9.17) is 9.47 Å². The van der Waals surface area contributed by atoms with E-state index in [0.717, 1.165) is 12.1 Å². The predicted molar refractivity (Wildman–Crippen MR) is 105 cm³/mol. The molecule has 1 aromatic carbocycles. The number of nitrogens with zero attached hydrogens (tertiary/aromatic N) is 1. The van der Waals surface area contributed by atoms with Crippen LogP contribution in [0.4, 0.5) is 10.5 Å². The van der Waals surface area contributed by atoms with Crippen molar-refractivity contribution in [1.29, 1.82) is 0 Å². The Morgan fingerprint density at radius 1 is 1.27 bits per heavy atom. The van der Waals surface area contributed by atoms with Crippen LogP contribution >= 0.6 is 0 Å². The molecule has 10 heteroatoms. The number of nitrogens with one attached hydrogen (secondary N) is 1. The molecule has 164 valence electrons. The largest absolute Gasteiger partial charge is 0.478 e. The Morgan fingerprint density at radius 3 is 2.47 bits per heavy atom. The highest BCUT2D eigenvalue weighted by atomic mass is 16.6. The Labute approximate surface area is 173 Å². The van der Waals surface area contributed by atoms with Gasteiger partial charge >= 0.3 is 18.0 Å². The number of alkyl carbamates (subject to hydrolysis) is 1. The number of carbonyl (C=O) groups is 3. The Kier molecular flexibility index (Phi) is 7.01. The zero-order valence-electron chi connectivity index (χ0n) is 17.3. The van der Waals surface area contributed by atoms with Crippen LogP contribution in [-0.2, 0) is 14.3 Å². The van der Waals surface area contributed by atoms with Gasteiger partial charge in [0.15, 0.2) is 0 Å². The number of nitro groups is 1. The minimum Gasteiger partial charge on any atom is -0.478 e. The molecule has 3 atom stereocenters. The summed E-state index contributed by atoms with van der Waals surface area (Å²) >= 11 is 0. The molecular formula is C20H26N2O8. The highest BCUT2D eigenvalue weighted by Gasteiger charge is 2.42. The summed E-state index contributed by atoms with van der Waals surface area (Å²) in [4.78, 5) is 46.9. The molecule has 0 spiro atoms. The molecule has 0 bridgehead atoms. The molecule has 1 aliphatic carbocycles. The first-order valence-corrected chi connectivity index (χ1v) is 9.60. The van der Waals surface area contributed by atoms with Crippen LogP contribution in [0.5, 0.6) is 0 Å². The van der Waals surface area contributed by atoms with E-state index < -0.39 is 46.4 Å². The maximum absolute atomic E-state index is 12.3. The zero-order valence-corrected chi connectivity index (χ0v) is 17.3. The molecular weight excluding hydrogens is 396 g/mol. The number of aromatic carboxylic acids is 1. The van der Waals surface area contributed by atoms with Gasteiger partial charge in [-0.25, -0.2) is 9.59 Å². The molecule has 2 rings (SSSR count). The van der Waals surface area contributed by atoms with E-state index in [2.05, 4.69) is 5.32 Å². The minimum atomic E-state index is -1.25. The molecule has 0 aromatic heterocycles. The molecule has 0 radical (unpaired) electrons. The van der Waals surface area contributed by atoms with Crippen molar-refractivity contribution in [2.45, 2.75) is 58.1 Å². The first-order chi connectivity index (χ1) is 13.9. The third-order valence-electron chi connectivity index (χ3n) is 4.76. The maximum atomic E-state index is 12.3. The second kappa shape index (κ2) is 9.10. The lowest BCUT2D eigenvalue weighted by molar-refractivity contribution is -0.384. The van der Waals surface area contributed by atoms with Crippen molar-refractivity contribution < 1.29 is 33.9 Å². The lowest BCUT2D eigenvalue weighted by Gasteiger charge is -2.25. The van der Waals surface area contributed by atoms with Crippen LogP contribution in [0.2, 0.25) is 0 Å². The van der Waals surface area contributed by atoms with E-state index in [9.17, 15) is 29.6 Å². The van der Waals surface area contributed by atoms with E-state index in [1.54, 1.807) is 27.7 Å². The highest BCUT2D eigenvalue weighted by Crippen LogP contribution is 2.41. The Hall–Kier alpha value is -3.17. The number of hydrogen-bond donors (Lipinski definition) is 2. The van der Waals surface area contributed by atoms with Gasteiger partial charge in [0, 0.05) is 24.1 Å². The number of amides is 1. The SMILES string of the molecule is CCOC(=O)C1C[C@H](c2cc([N+](=O)[O-])ccc2C(=O)O)[C@H](NC(=O)OC(C)(C)C)C1. The molecule has 10 nitrogen and oxygen atoms in total. The molecule has 0 heterocycles. The summed E-state index contributed by atoms with van der Waals surface area (Å²) in [6, 6.07) is 2.80. The monoisotopic (exact) mass is 422 g/mol. The summed E-state index contributed by atoms with van der Waals surface area (Å²) in [5, 5.41) is 23.5. The van der Waals surface area contributed by atoms with E-state index in [-0.39, 0.29) is 36.3 Å². The van der Waals surface area contributed by atoms with Crippen molar-refractivity contribution in [3.05, 3.63) is 39.4 Å². The zero-order chi connectivity index (χ0) is 22.6. The number of hydrogen-bond acceptors (Lipinski definition) is 7. The molecule has 1 saturated carbocycles. The van der Waals surface area contributed by atoms with Gasteiger partial charge in [-0.1, -0.05) is 0 Å². The Bertz CT molecular complexity index is 846. The number of carboxylic acid groups (broad SMARTS) is 1. The first kappa shape index (κ1) is 23.1. The second-order valence-corrected chi connectivity index (χ2v) is 8.11. The van der Waals surface area contributed by atoms with Crippen LogP contribution in [0.1, 0.15) is 62.4 Å². The summed E-state index contributed by atoms with van der Waals surface area (Å²) in [7, 11) is 0. The van der Waals surface area contributed by atoms with E-state index in [0.29, 0.717) is 0 Å². The average molecular weight is 422 g/mol. The van der Waals surface area contributed by atoms with Crippen LogP contribution in [0.25, 0.3) is 0 Å². The van der Waals surface area contributed by atoms with Gasteiger partial charge in [0.1, 0.15) is 5.60 Å². The van der Waals surface area contributed by atoms with Gasteiger partial charge in [-0.15, -0.1) is 0 Å². The topological polar surface area (TPSA) is 145 Å². The van der Waals surface area contributed by atoms with Gasteiger partial charge in [-0.05, 0) is 52.2 Å². The van der Waals surface area contributed by atoms with Crippen molar-refractivity contribution in [2.75, 3.05) is 6.61 Å². The van der Waals surface area contributed by atoms with Crippen molar-refractivity contribution in [2.24, 2.45) is 5.92 Å². The number of nitro benzene ring substituents is 1. The number of rotatable bonds is 6. The van der Waals surface area contributed by atoms with Crippen LogP contribution in [-0.4, -0.2) is 46.3 Å². The standard InChI is InChI=1S/C20H26N2O8/c1-5-29-18(25)11-8-15(16(9-11)21-19(26)30-20(2,3)4)14-10-12(22(27)28)6-7-13(14)17(23)24/h6-7,10-11,15-16H,5,8-9H2,1-4H3,(H,21,26)(H,23,24)/t11?,15-,16-/m1/s1. The van der Waals surface area contributed by atoms with Gasteiger partial charge in [-0.2, -0.15) is 0 Å². The van der Waals surface area contributed by atoms with Gasteiger partial charge in [0.05, 0.1) is 23.0 Å². The highest BCUT2D eigenvalue weighted by molar-refractivity contribution is 5.90. The van der Waals surface area contributed by atoms with Crippen molar-refractivity contribution in [1.82, 2.24) is 5.32 Å². The quantitative estimate of drug-likeness (QED) is 0.404. The van der Waals surface area contributed by atoms with Gasteiger partial charge < -0.3 is 19.9 Å². The van der Waals surface area contributed by atoms with Gasteiger partial charge in [0.2, 0.25) is 0 Å². The number of carbonyl (C=O) groups excluding carboxylic acids is 2. The molecule has 0 saturated heterocycles. The summed E-state index contributed by atoms with van der Waals surface area (Å²) in [6.07, 6.45) is -0.338. The molecule has 1 fully saturated rings. The second-order valence-electron chi connectivity index (χ2n) is 8.11. The maximum Gasteiger partial charge on any atom is 0.407 e. The Morgan fingerprint density at radius 2 is 1.93 bits per heavy atom. The fourth-order valence-corrected chi connectivity index (χ4v) is 3.62.